The van der Waals surface area contributed by atoms with E-state index in [1.807, 2.05) is 0 Å². The molecular weight excluding hydrogens is 200 g/mol. The highest BCUT2D eigenvalue weighted by Crippen LogP contribution is 2.19. The Morgan fingerprint density at radius 2 is 2.08 bits per heavy atom. The van der Waals surface area contributed by atoms with E-state index in [-0.39, 0.29) is 13.0 Å². The van der Waals surface area contributed by atoms with Crippen LogP contribution in [0.4, 0.5) is 0 Å². The van der Waals surface area contributed by atoms with E-state index < -0.39 is 28.3 Å². The van der Waals surface area contributed by atoms with E-state index in [1.54, 1.807) is 0 Å². The SMILES string of the molecule is NS(=O)(=O)N1CC(O)CC1C(=O)O. The van der Waals surface area contributed by atoms with Crippen molar-refractivity contribution in [3.63, 3.8) is 0 Å². The predicted molar refractivity (Wildman–Crippen MR) is 41.9 cm³/mol. The second-order valence-corrected chi connectivity index (χ2v) is 4.36. The van der Waals surface area contributed by atoms with Crippen LogP contribution in [0.15, 0.2) is 0 Å². The van der Waals surface area contributed by atoms with Gasteiger partial charge in [-0.1, -0.05) is 0 Å². The average molecular weight is 210 g/mol. The number of nitrogens with two attached hydrogens (primary N) is 1. The van der Waals surface area contributed by atoms with Crippen molar-refractivity contribution in [2.75, 3.05) is 6.54 Å². The van der Waals surface area contributed by atoms with Crippen LogP contribution in [-0.4, -0.2) is 47.6 Å². The normalized spacial score (nSPS) is 30.6. The lowest BCUT2D eigenvalue weighted by atomic mass is 10.2. The van der Waals surface area contributed by atoms with Crippen molar-refractivity contribution in [3.05, 3.63) is 0 Å². The Hall–Kier alpha value is -0.700. The molecule has 1 rings (SSSR count). The summed E-state index contributed by atoms with van der Waals surface area (Å²) < 4.78 is 22.2. The Balaban J connectivity index is 2.91. The van der Waals surface area contributed by atoms with E-state index >= 15 is 0 Å². The first-order valence-corrected chi connectivity index (χ1v) is 5.03. The van der Waals surface area contributed by atoms with E-state index in [4.69, 9.17) is 15.4 Å². The van der Waals surface area contributed by atoms with Gasteiger partial charge in [-0.3, -0.25) is 4.79 Å². The number of β-amino-alcohol motifs (C(OH)–C–C–N with tert-alkyl or cyclic N) is 1. The third kappa shape index (κ3) is 2.15. The van der Waals surface area contributed by atoms with Crippen molar-refractivity contribution in [2.45, 2.75) is 18.6 Å². The Bertz CT molecular complexity index is 313. The van der Waals surface area contributed by atoms with Crippen molar-refractivity contribution in [2.24, 2.45) is 5.14 Å². The molecule has 4 N–H and O–H groups in total. The lowest BCUT2D eigenvalue weighted by Crippen LogP contribution is -2.44. The van der Waals surface area contributed by atoms with Crippen LogP contribution in [0.5, 0.6) is 0 Å². The maximum absolute atomic E-state index is 10.8. The van der Waals surface area contributed by atoms with E-state index in [2.05, 4.69) is 0 Å². The topological polar surface area (TPSA) is 121 Å². The maximum atomic E-state index is 10.8. The third-order valence-corrected chi connectivity index (χ3v) is 2.90. The van der Waals surface area contributed by atoms with Gasteiger partial charge in [-0.25, -0.2) is 5.14 Å². The van der Waals surface area contributed by atoms with Gasteiger partial charge in [0.15, 0.2) is 0 Å². The highest BCUT2D eigenvalue weighted by atomic mass is 32.2. The zero-order valence-corrected chi connectivity index (χ0v) is 7.44. The molecule has 0 aromatic heterocycles. The molecule has 7 nitrogen and oxygen atoms in total. The number of rotatable bonds is 2. The molecule has 0 saturated carbocycles. The standard InChI is InChI=1S/C5H10N2O5S/c6-13(11,12)7-2-3(8)1-4(7)5(9)10/h3-4,8H,1-2H2,(H,9,10)(H2,6,11,12). The van der Waals surface area contributed by atoms with Gasteiger partial charge in [0.1, 0.15) is 6.04 Å². The Kier molecular flexibility index (Phi) is 2.57. The number of carboxylic acids is 1. The highest BCUT2D eigenvalue weighted by molar-refractivity contribution is 7.86. The van der Waals surface area contributed by atoms with Gasteiger partial charge >= 0.3 is 5.97 Å². The molecule has 2 atom stereocenters. The number of hydrogen-bond donors (Lipinski definition) is 3. The van der Waals surface area contributed by atoms with Crippen molar-refractivity contribution in [1.82, 2.24) is 4.31 Å². The lowest BCUT2D eigenvalue weighted by molar-refractivity contribution is -0.140. The minimum Gasteiger partial charge on any atom is -0.480 e. The zero-order chi connectivity index (χ0) is 10.2. The Labute approximate surface area is 74.9 Å². The Morgan fingerprint density at radius 1 is 1.54 bits per heavy atom. The molecule has 76 valence electrons. The molecule has 1 aliphatic heterocycles. The van der Waals surface area contributed by atoms with Crippen LogP contribution in [0.2, 0.25) is 0 Å². The van der Waals surface area contributed by atoms with Crippen molar-refractivity contribution in [3.8, 4) is 0 Å². The van der Waals surface area contributed by atoms with Gasteiger partial charge in [0.05, 0.1) is 6.10 Å². The molecular formula is C5H10N2O5S. The number of carbonyl (C=O) groups is 1. The smallest absolute Gasteiger partial charge is 0.322 e. The van der Waals surface area contributed by atoms with Gasteiger partial charge in [-0.2, -0.15) is 12.7 Å². The molecule has 1 fully saturated rings. The molecule has 0 bridgehead atoms. The summed E-state index contributed by atoms with van der Waals surface area (Å²) in [4.78, 5) is 10.5. The molecule has 0 aromatic rings. The van der Waals surface area contributed by atoms with Crippen LogP contribution in [0.3, 0.4) is 0 Å². The highest BCUT2D eigenvalue weighted by Gasteiger charge is 2.41. The number of hydrogen-bond acceptors (Lipinski definition) is 4. The summed E-state index contributed by atoms with van der Waals surface area (Å²) in [6.45, 7) is -0.254. The van der Waals surface area contributed by atoms with E-state index in [1.165, 1.54) is 0 Å². The number of nitrogens with zero attached hydrogens (tertiary/aromatic N) is 1. The third-order valence-electron chi connectivity index (χ3n) is 1.85. The quantitative estimate of drug-likeness (QED) is 0.473. The molecule has 0 amide bonds. The van der Waals surface area contributed by atoms with E-state index in [0.29, 0.717) is 4.31 Å². The van der Waals surface area contributed by atoms with Crippen molar-refractivity contribution in [1.29, 1.82) is 0 Å². The molecule has 8 heteroatoms. The van der Waals surface area contributed by atoms with Crippen LogP contribution in [0, 0.1) is 0 Å². The van der Waals surface area contributed by atoms with Gasteiger partial charge < -0.3 is 10.2 Å². The minimum absolute atomic E-state index is 0.119. The van der Waals surface area contributed by atoms with Crippen LogP contribution >= 0.6 is 0 Å². The number of aliphatic carboxylic acids is 1. The van der Waals surface area contributed by atoms with Gasteiger partial charge in [0.25, 0.3) is 10.2 Å². The predicted octanol–water partition coefficient (Wildman–Crippen LogP) is -2.29. The first-order valence-electron chi connectivity index (χ1n) is 3.53. The van der Waals surface area contributed by atoms with Crippen LogP contribution in [0.25, 0.3) is 0 Å². The second kappa shape index (κ2) is 3.22. The first-order chi connectivity index (χ1) is 5.82. The molecule has 0 aliphatic carbocycles. The lowest BCUT2D eigenvalue weighted by Gasteiger charge is -2.16. The molecule has 0 spiro atoms. The van der Waals surface area contributed by atoms with Gasteiger partial charge in [0.2, 0.25) is 0 Å². The molecule has 0 aromatic carbocycles. The fourth-order valence-electron chi connectivity index (χ4n) is 1.29. The van der Waals surface area contributed by atoms with Gasteiger partial charge in [-0.05, 0) is 0 Å². The van der Waals surface area contributed by atoms with Crippen LogP contribution in [0.1, 0.15) is 6.42 Å². The molecule has 2 unspecified atom stereocenters. The molecule has 13 heavy (non-hydrogen) atoms. The summed E-state index contributed by atoms with van der Waals surface area (Å²) in [5.41, 5.74) is 0. The fraction of sp³-hybridized carbons (Fsp3) is 0.800. The molecule has 1 heterocycles. The number of aliphatic hydroxyl groups is 1. The summed E-state index contributed by atoms with van der Waals surface area (Å²) in [5.74, 6) is -1.30. The Morgan fingerprint density at radius 3 is 2.38 bits per heavy atom. The second-order valence-electron chi connectivity index (χ2n) is 2.86. The van der Waals surface area contributed by atoms with E-state index in [9.17, 15) is 13.2 Å². The van der Waals surface area contributed by atoms with Crippen molar-refractivity contribution < 1.29 is 23.4 Å². The van der Waals surface area contributed by atoms with Gasteiger partial charge in [0, 0.05) is 13.0 Å². The molecule has 1 saturated heterocycles. The maximum Gasteiger partial charge on any atom is 0.322 e. The zero-order valence-electron chi connectivity index (χ0n) is 6.62. The molecule has 1 aliphatic rings. The average Bonchev–Trinajstić information content (AvgIpc) is 2.29. The summed E-state index contributed by atoms with van der Waals surface area (Å²) in [7, 11) is -4.04. The molecule has 0 radical (unpaired) electrons. The monoisotopic (exact) mass is 210 g/mol. The van der Waals surface area contributed by atoms with Crippen LogP contribution in [-0.2, 0) is 15.0 Å². The minimum atomic E-state index is -4.04. The number of aliphatic hydroxyl groups excluding tert-OH is 1. The largest absolute Gasteiger partial charge is 0.480 e. The van der Waals surface area contributed by atoms with Gasteiger partial charge in [-0.15, -0.1) is 0 Å². The summed E-state index contributed by atoms with van der Waals surface area (Å²) in [6.07, 6.45) is -1.08. The fourth-order valence-corrected chi connectivity index (χ4v) is 2.20. The summed E-state index contributed by atoms with van der Waals surface area (Å²) >= 11 is 0. The first kappa shape index (κ1) is 10.4. The summed E-state index contributed by atoms with van der Waals surface area (Å²) in [5, 5.41) is 22.4. The number of carboxylic acid groups (broad SMARTS) is 1. The van der Waals surface area contributed by atoms with Crippen molar-refractivity contribution >= 4 is 16.2 Å². The summed E-state index contributed by atoms with van der Waals surface area (Å²) in [6, 6.07) is -1.25. The van der Waals surface area contributed by atoms with Crippen LogP contribution < -0.4 is 5.14 Å². The van der Waals surface area contributed by atoms with E-state index in [0.717, 1.165) is 0 Å².